The van der Waals surface area contributed by atoms with Gasteiger partial charge in [-0.25, -0.2) is 9.78 Å². The first-order valence-corrected chi connectivity index (χ1v) is 10.9. The van der Waals surface area contributed by atoms with Crippen molar-refractivity contribution in [3.8, 4) is 0 Å². The van der Waals surface area contributed by atoms with Crippen LogP contribution in [0.1, 0.15) is 52.1 Å². The van der Waals surface area contributed by atoms with Crippen LogP contribution < -0.4 is 4.90 Å². The van der Waals surface area contributed by atoms with Crippen LogP contribution in [0.2, 0.25) is 0 Å². The predicted octanol–water partition coefficient (Wildman–Crippen LogP) is 2.81. The average molecular weight is 417 g/mol. The van der Waals surface area contributed by atoms with Gasteiger partial charge in [-0.3, -0.25) is 14.7 Å². The fourth-order valence-corrected chi connectivity index (χ4v) is 4.61. The Morgan fingerprint density at radius 2 is 1.83 bits per heavy atom. The van der Waals surface area contributed by atoms with E-state index in [1.165, 1.54) is 0 Å². The molecule has 3 aliphatic heterocycles. The Bertz CT molecular complexity index is 793. The lowest BCUT2D eigenvalue weighted by molar-refractivity contribution is -0.140. The molecule has 164 valence electrons. The maximum atomic E-state index is 12.7. The Hall–Kier alpha value is -2.22. The van der Waals surface area contributed by atoms with Crippen molar-refractivity contribution >= 4 is 17.8 Å². The fraction of sp³-hybridized carbons (Fsp3) is 0.727. The van der Waals surface area contributed by atoms with Gasteiger partial charge in [0.05, 0.1) is 25.5 Å². The van der Waals surface area contributed by atoms with Crippen LogP contribution in [0.3, 0.4) is 0 Å². The first-order valence-electron chi connectivity index (χ1n) is 10.9. The smallest absolute Gasteiger partial charge is 0.416 e. The third-order valence-corrected chi connectivity index (χ3v) is 6.41. The molecule has 1 aromatic heterocycles. The molecule has 2 amide bonds. The van der Waals surface area contributed by atoms with Crippen LogP contribution in [0, 0.1) is 11.3 Å². The molecule has 3 fully saturated rings. The summed E-state index contributed by atoms with van der Waals surface area (Å²) >= 11 is 0. The summed E-state index contributed by atoms with van der Waals surface area (Å²) in [6, 6.07) is 0. The number of likely N-dealkylation sites (tertiary alicyclic amines) is 1. The minimum absolute atomic E-state index is 0.211. The van der Waals surface area contributed by atoms with Crippen molar-refractivity contribution in [3.05, 3.63) is 18.1 Å². The standard InChI is InChI=1S/C22H32N4O4/c1-21(2,3)19(27)25-10-4-16(5-11-25)14-17-18(24-9-8-23-17)26-15-22(30-20(26)28)6-12-29-13-7-22/h8-9,16H,4-7,10-15H2,1-3H3. The van der Waals surface area contributed by atoms with Gasteiger partial charge in [0, 0.05) is 43.7 Å². The van der Waals surface area contributed by atoms with Crippen LogP contribution in [0.25, 0.3) is 0 Å². The molecule has 1 spiro atoms. The topological polar surface area (TPSA) is 84.9 Å². The summed E-state index contributed by atoms with van der Waals surface area (Å²) in [5.74, 6) is 1.24. The van der Waals surface area contributed by atoms with E-state index in [1.807, 2.05) is 25.7 Å². The lowest BCUT2D eigenvalue weighted by atomic mass is 9.89. The van der Waals surface area contributed by atoms with E-state index in [1.54, 1.807) is 17.3 Å². The van der Waals surface area contributed by atoms with Crippen molar-refractivity contribution in [2.45, 2.75) is 58.5 Å². The molecule has 0 atom stereocenters. The highest BCUT2D eigenvalue weighted by Crippen LogP contribution is 2.36. The zero-order valence-electron chi connectivity index (χ0n) is 18.2. The van der Waals surface area contributed by atoms with Crippen LogP contribution >= 0.6 is 0 Å². The second-order valence-electron chi connectivity index (χ2n) is 9.77. The number of rotatable bonds is 3. The normalized spacial score (nSPS) is 22.4. The summed E-state index contributed by atoms with van der Waals surface area (Å²) in [4.78, 5) is 37.9. The molecule has 3 saturated heterocycles. The highest BCUT2D eigenvalue weighted by molar-refractivity contribution is 5.89. The maximum absolute atomic E-state index is 12.7. The number of ether oxygens (including phenoxy) is 2. The largest absolute Gasteiger partial charge is 0.440 e. The summed E-state index contributed by atoms with van der Waals surface area (Å²) in [6.45, 7) is 9.16. The summed E-state index contributed by atoms with van der Waals surface area (Å²) in [5, 5.41) is 0. The Labute approximate surface area is 177 Å². The fourth-order valence-electron chi connectivity index (χ4n) is 4.61. The molecule has 0 aromatic carbocycles. The van der Waals surface area contributed by atoms with Gasteiger partial charge < -0.3 is 14.4 Å². The number of carbonyl (C=O) groups is 2. The van der Waals surface area contributed by atoms with Crippen molar-refractivity contribution in [2.75, 3.05) is 37.7 Å². The van der Waals surface area contributed by atoms with Gasteiger partial charge >= 0.3 is 6.09 Å². The first kappa shape index (κ1) is 21.0. The monoisotopic (exact) mass is 416 g/mol. The first-order chi connectivity index (χ1) is 14.3. The predicted molar refractivity (Wildman–Crippen MR) is 111 cm³/mol. The van der Waals surface area contributed by atoms with Crippen LogP contribution in [0.5, 0.6) is 0 Å². The maximum Gasteiger partial charge on any atom is 0.416 e. The third-order valence-electron chi connectivity index (χ3n) is 6.41. The van der Waals surface area contributed by atoms with Crippen LogP contribution in [0.4, 0.5) is 10.6 Å². The number of hydrogen-bond acceptors (Lipinski definition) is 6. The number of amides is 2. The molecule has 4 heterocycles. The number of anilines is 1. The van der Waals surface area contributed by atoms with Gasteiger partial charge in [-0.2, -0.15) is 0 Å². The molecule has 0 bridgehead atoms. The van der Waals surface area contributed by atoms with Crippen molar-refractivity contribution in [1.29, 1.82) is 0 Å². The van der Waals surface area contributed by atoms with E-state index in [4.69, 9.17) is 9.47 Å². The number of aromatic nitrogens is 2. The van der Waals surface area contributed by atoms with Gasteiger partial charge in [-0.05, 0) is 25.2 Å². The van der Waals surface area contributed by atoms with Gasteiger partial charge in [0.15, 0.2) is 5.82 Å². The van der Waals surface area contributed by atoms with Crippen molar-refractivity contribution in [3.63, 3.8) is 0 Å². The molecule has 0 unspecified atom stereocenters. The Morgan fingerprint density at radius 1 is 1.17 bits per heavy atom. The summed E-state index contributed by atoms with van der Waals surface area (Å²) in [6.07, 6.45) is 7.02. The molecule has 8 heteroatoms. The number of piperidine rings is 1. The van der Waals surface area contributed by atoms with E-state index < -0.39 is 5.60 Å². The number of carbonyl (C=O) groups excluding carboxylic acids is 2. The SMILES string of the molecule is CC(C)(C)C(=O)N1CCC(Cc2nccnc2N2CC3(CCOCC3)OC2=O)CC1. The van der Waals surface area contributed by atoms with E-state index in [0.29, 0.717) is 44.3 Å². The summed E-state index contributed by atoms with van der Waals surface area (Å²) in [5.41, 5.74) is 0.0170. The van der Waals surface area contributed by atoms with E-state index in [0.717, 1.165) is 38.0 Å². The minimum atomic E-state index is -0.469. The van der Waals surface area contributed by atoms with Gasteiger partial charge in [0.1, 0.15) is 5.60 Å². The van der Waals surface area contributed by atoms with E-state index >= 15 is 0 Å². The van der Waals surface area contributed by atoms with Crippen molar-refractivity contribution in [1.82, 2.24) is 14.9 Å². The Morgan fingerprint density at radius 3 is 2.50 bits per heavy atom. The van der Waals surface area contributed by atoms with Crippen molar-refractivity contribution < 1.29 is 19.1 Å². The van der Waals surface area contributed by atoms with E-state index in [9.17, 15) is 9.59 Å². The molecule has 0 N–H and O–H groups in total. The zero-order chi connectivity index (χ0) is 21.4. The quantitative estimate of drug-likeness (QED) is 0.753. The molecule has 1 aromatic rings. The third kappa shape index (κ3) is 4.29. The molecule has 8 nitrogen and oxygen atoms in total. The van der Waals surface area contributed by atoms with Gasteiger partial charge in [-0.1, -0.05) is 20.8 Å². The molecule has 4 rings (SSSR count). The lowest BCUT2D eigenvalue weighted by Crippen LogP contribution is -2.44. The highest BCUT2D eigenvalue weighted by Gasteiger charge is 2.47. The molecule has 30 heavy (non-hydrogen) atoms. The van der Waals surface area contributed by atoms with Crippen molar-refractivity contribution in [2.24, 2.45) is 11.3 Å². The molecule has 0 aliphatic carbocycles. The van der Waals surface area contributed by atoms with Gasteiger partial charge in [-0.15, -0.1) is 0 Å². The number of hydrogen-bond donors (Lipinski definition) is 0. The lowest BCUT2D eigenvalue weighted by Gasteiger charge is -2.35. The second-order valence-corrected chi connectivity index (χ2v) is 9.77. The van der Waals surface area contributed by atoms with Crippen LogP contribution in [0.15, 0.2) is 12.4 Å². The van der Waals surface area contributed by atoms with E-state index in [-0.39, 0.29) is 17.4 Å². The average Bonchev–Trinajstić information content (AvgIpc) is 3.03. The summed E-state index contributed by atoms with van der Waals surface area (Å²) < 4.78 is 11.2. The molecular formula is C22H32N4O4. The van der Waals surface area contributed by atoms with Gasteiger partial charge in [0.25, 0.3) is 0 Å². The summed E-state index contributed by atoms with van der Waals surface area (Å²) in [7, 11) is 0. The van der Waals surface area contributed by atoms with Gasteiger partial charge in [0.2, 0.25) is 5.91 Å². The number of nitrogens with zero attached hydrogens (tertiary/aromatic N) is 4. The molecule has 0 saturated carbocycles. The Kier molecular flexibility index (Phi) is 5.70. The Balaban J connectivity index is 1.42. The minimum Gasteiger partial charge on any atom is -0.440 e. The molecular weight excluding hydrogens is 384 g/mol. The zero-order valence-corrected chi connectivity index (χ0v) is 18.2. The molecule has 3 aliphatic rings. The van der Waals surface area contributed by atoms with Crippen LogP contribution in [-0.4, -0.2) is 65.3 Å². The highest BCUT2D eigenvalue weighted by atomic mass is 16.6. The van der Waals surface area contributed by atoms with Crippen LogP contribution in [-0.2, 0) is 20.7 Å². The van der Waals surface area contributed by atoms with E-state index in [2.05, 4.69) is 9.97 Å². The molecule has 0 radical (unpaired) electrons. The second kappa shape index (κ2) is 8.13.